The number of thiocarbonyl (C=S) groups is 1. The van der Waals surface area contributed by atoms with Gasteiger partial charge in [-0.25, -0.2) is 4.39 Å². The predicted octanol–water partition coefficient (Wildman–Crippen LogP) is 4.61. The third-order valence-corrected chi connectivity index (χ3v) is 3.75. The van der Waals surface area contributed by atoms with E-state index in [1.807, 2.05) is 13.0 Å². The zero-order valence-corrected chi connectivity index (χ0v) is 14.4. The van der Waals surface area contributed by atoms with Crippen LogP contribution in [-0.2, 0) is 0 Å². The molecule has 0 atom stereocenters. The first-order valence-corrected chi connectivity index (χ1v) is 7.49. The van der Waals surface area contributed by atoms with Gasteiger partial charge in [-0.3, -0.25) is 0 Å². The summed E-state index contributed by atoms with van der Waals surface area (Å²) in [7, 11) is 2.95. The van der Waals surface area contributed by atoms with E-state index in [1.54, 1.807) is 19.2 Å². The molecule has 7 heteroatoms. The summed E-state index contributed by atoms with van der Waals surface area (Å²) in [6.45, 7) is 1.88. The Morgan fingerprint density at radius 2 is 1.78 bits per heavy atom. The maximum absolute atomic E-state index is 13.7. The van der Waals surface area contributed by atoms with E-state index in [0.29, 0.717) is 27.3 Å². The van der Waals surface area contributed by atoms with E-state index in [9.17, 15) is 4.39 Å². The van der Waals surface area contributed by atoms with E-state index in [0.717, 1.165) is 5.56 Å². The molecular weight excluding hydrogens is 339 g/mol. The molecule has 0 aromatic heterocycles. The van der Waals surface area contributed by atoms with Crippen LogP contribution in [0.4, 0.5) is 15.8 Å². The monoisotopic (exact) mass is 354 g/mol. The molecule has 0 saturated heterocycles. The van der Waals surface area contributed by atoms with Crippen LogP contribution in [0.15, 0.2) is 30.3 Å². The first-order chi connectivity index (χ1) is 10.9. The number of benzene rings is 2. The van der Waals surface area contributed by atoms with Crippen molar-refractivity contribution in [3.8, 4) is 11.5 Å². The lowest BCUT2D eigenvalue weighted by Gasteiger charge is -2.15. The van der Waals surface area contributed by atoms with Gasteiger partial charge in [0.05, 0.1) is 19.9 Å². The highest BCUT2D eigenvalue weighted by Gasteiger charge is 2.10. The Morgan fingerprint density at radius 1 is 1.09 bits per heavy atom. The first kappa shape index (κ1) is 17.3. The van der Waals surface area contributed by atoms with Crippen LogP contribution in [0.3, 0.4) is 0 Å². The normalized spacial score (nSPS) is 10.1. The van der Waals surface area contributed by atoms with Crippen molar-refractivity contribution >= 4 is 40.3 Å². The fourth-order valence-corrected chi connectivity index (χ4v) is 2.34. The lowest BCUT2D eigenvalue weighted by molar-refractivity contribution is 0.387. The van der Waals surface area contributed by atoms with Crippen LogP contribution in [0.5, 0.6) is 11.5 Å². The van der Waals surface area contributed by atoms with E-state index < -0.39 is 5.82 Å². The van der Waals surface area contributed by atoms with Gasteiger partial charge < -0.3 is 20.1 Å². The number of methoxy groups -OCH3 is 2. The number of rotatable bonds is 4. The number of halogens is 2. The fraction of sp³-hybridized carbons (Fsp3) is 0.188. The van der Waals surface area contributed by atoms with Gasteiger partial charge in [0.1, 0.15) is 5.75 Å². The molecule has 4 nitrogen and oxygen atoms in total. The summed E-state index contributed by atoms with van der Waals surface area (Å²) in [6, 6.07) is 8.02. The minimum atomic E-state index is -0.472. The van der Waals surface area contributed by atoms with Gasteiger partial charge in [0.25, 0.3) is 0 Å². The summed E-state index contributed by atoms with van der Waals surface area (Å²) in [4.78, 5) is 0. The van der Waals surface area contributed by atoms with Crippen LogP contribution in [-0.4, -0.2) is 19.3 Å². The molecule has 0 aliphatic rings. The molecule has 2 aromatic rings. The zero-order chi connectivity index (χ0) is 17.0. The van der Waals surface area contributed by atoms with E-state index in [1.165, 1.54) is 19.2 Å². The van der Waals surface area contributed by atoms with Gasteiger partial charge in [-0.2, -0.15) is 0 Å². The topological polar surface area (TPSA) is 42.5 Å². The molecule has 0 amide bonds. The number of ether oxygens (including phenoxy) is 2. The van der Waals surface area contributed by atoms with Crippen molar-refractivity contribution in [2.45, 2.75) is 6.92 Å². The minimum Gasteiger partial charge on any atom is -0.495 e. The lowest BCUT2D eigenvalue weighted by Crippen LogP contribution is -2.19. The molecule has 2 N–H and O–H groups in total. The number of anilines is 2. The summed E-state index contributed by atoms with van der Waals surface area (Å²) in [6.07, 6.45) is 0. The van der Waals surface area contributed by atoms with Gasteiger partial charge in [-0.05, 0) is 42.9 Å². The molecule has 0 unspecified atom stereocenters. The van der Waals surface area contributed by atoms with Crippen molar-refractivity contribution in [1.29, 1.82) is 0 Å². The molecule has 2 aromatic carbocycles. The van der Waals surface area contributed by atoms with Crippen LogP contribution in [0.25, 0.3) is 0 Å². The zero-order valence-electron chi connectivity index (χ0n) is 12.9. The van der Waals surface area contributed by atoms with Crippen LogP contribution in [0.2, 0.25) is 5.02 Å². The van der Waals surface area contributed by atoms with Crippen molar-refractivity contribution in [2.75, 3.05) is 24.9 Å². The SMILES string of the molecule is COc1ccc(NC(=S)Nc2cc(C)c(Cl)cc2OC)cc1F. The van der Waals surface area contributed by atoms with E-state index in [2.05, 4.69) is 10.6 Å². The Labute approximate surface area is 144 Å². The maximum atomic E-state index is 13.7. The van der Waals surface area contributed by atoms with Gasteiger partial charge in [-0.15, -0.1) is 0 Å². The Morgan fingerprint density at radius 3 is 2.39 bits per heavy atom. The Hall–Kier alpha value is -2.05. The van der Waals surface area contributed by atoms with E-state index >= 15 is 0 Å². The van der Waals surface area contributed by atoms with E-state index in [4.69, 9.17) is 33.3 Å². The first-order valence-electron chi connectivity index (χ1n) is 6.70. The Balaban J connectivity index is 2.14. The van der Waals surface area contributed by atoms with Crippen LogP contribution in [0, 0.1) is 12.7 Å². The standard InChI is InChI=1S/C16H16ClFN2O2S/c1-9-6-13(15(22-3)8-11(9)17)20-16(23)19-10-4-5-14(21-2)12(18)7-10/h4-8H,1-3H3,(H2,19,20,23). The molecule has 23 heavy (non-hydrogen) atoms. The third-order valence-electron chi connectivity index (χ3n) is 3.14. The second-order valence-electron chi connectivity index (χ2n) is 4.73. The Kier molecular flexibility index (Phi) is 5.63. The van der Waals surface area contributed by atoms with Crippen LogP contribution < -0.4 is 20.1 Å². The summed E-state index contributed by atoms with van der Waals surface area (Å²) < 4.78 is 23.8. The van der Waals surface area contributed by atoms with Gasteiger partial charge in [0, 0.05) is 22.8 Å². The maximum Gasteiger partial charge on any atom is 0.175 e. The van der Waals surface area contributed by atoms with E-state index in [-0.39, 0.29) is 5.75 Å². The molecule has 0 radical (unpaired) electrons. The summed E-state index contributed by atoms with van der Waals surface area (Å²) >= 11 is 11.3. The smallest absolute Gasteiger partial charge is 0.175 e. The van der Waals surface area contributed by atoms with Gasteiger partial charge in [0.15, 0.2) is 16.7 Å². The fourth-order valence-electron chi connectivity index (χ4n) is 1.96. The largest absolute Gasteiger partial charge is 0.495 e. The highest BCUT2D eigenvalue weighted by atomic mass is 35.5. The number of aryl methyl sites for hydroxylation is 1. The highest BCUT2D eigenvalue weighted by Crippen LogP contribution is 2.31. The lowest BCUT2D eigenvalue weighted by atomic mass is 10.2. The average molecular weight is 355 g/mol. The molecular formula is C16H16ClFN2O2S. The second kappa shape index (κ2) is 7.48. The van der Waals surface area contributed by atoms with Gasteiger partial charge in [0.2, 0.25) is 0 Å². The van der Waals surface area contributed by atoms with Gasteiger partial charge in [-0.1, -0.05) is 11.6 Å². The highest BCUT2D eigenvalue weighted by molar-refractivity contribution is 7.80. The van der Waals surface area contributed by atoms with Crippen molar-refractivity contribution < 1.29 is 13.9 Å². The van der Waals surface area contributed by atoms with Crippen LogP contribution >= 0.6 is 23.8 Å². The number of hydrogen-bond acceptors (Lipinski definition) is 3. The molecule has 0 fully saturated rings. The van der Waals surface area contributed by atoms with Crippen molar-refractivity contribution in [3.63, 3.8) is 0 Å². The van der Waals surface area contributed by atoms with Crippen LogP contribution in [0.1, 0.15) is 5.56 Å². The third kappa shape index (κ3) is 4.24. The molecule has 0 aliphatic heterocycles. The molecule has 0 heterocycles. The number of hydrogen-bond donors (Lipinski definition) is 2. The molecule has 0 bridgehead atoms. The Bertz CT molecular complexity index is 740. The summed E-state index contributed by atoms with van der Waals surface area (Å²) in [5, 5.41) is 6.81. The number of nitrogens with one attached hydrogen (secondary N) is 2. The molecule has 0 aliphatic carbocycles. The molecule has 0 spiro atoms. The second-order valence-corrected chi connectivity index (χ2v) is 5.55. The van der Waals surface area contributed by atoms with Crippen molar-refractivity contribution in [2.24, 2.45) is 0 Å². The summed E-state index contributed by atoms with van der Waals surface area (Å²) in [5.74, 6) is 0.260. The van der Waals surface area contributed by atoms with Crippen molar-refractivity contribution in [1.82, 2.24) is 0 Å². The molecule has 2 rings (SSSR count). The average Bonchev–Trinajstić information content (AvgIpc) is 2.50. The molecule has 122 valence electrons. The predicted molar refractivity (Wildman–Crippen MR) is 95.5 cm³/mol. The van der Waals surface area contributed by atoms with Gasteiger partial charge >= 0.3 is 0 Å². The minimum absolute atomic E-state index is 0.171. The van der Waals surface area contributed by atoms with Crippen molar-refractivity contribution in [3.05, 3.63) is 46.7 Å². The summed E-state index contributed by atoms with van der Waals surface area (Å²) in [5.41, 5.74) is 2.06. The molecule has 0 saturated carbocycles. The quantitative estimate of drug-likeness (QED) is 0.784.